The first-order chi connectivity index (χ1) is 9.87. The van der Waals surface area contributed by atoms with Crippen LogP contribution in [-0.4, -0.2) is 37.0 Å². The van der Waals surface area contributed by atoms with Gasteiger partial charge in [-0.25, -0.2) is 12.8 Å². The van der Waals surface area contributed by atoms with Gasteiger partial charge in [-0.3, -0.25) is 0 Å². The molecule has 0 radical (unpaired) electrons. The number of benzene rings is 1. The monoisotopic (exact) mass is 380 g/mol. The van der Waals surface area contributed by atoms with Crippen molar-refractivity contribution in [2.24, 2.45) is 0 Å². The fourth-order valence-electron chi connectivity index (χ4n) is 2.69. The van der Waals surface area contributed by atoms with E-state index in [4.69, 9.17) is 10.8 Å². The van der Waals surface area contributed by atoms with E-state index in [-0.39, 0.29) is 29.4 Å². The Balaban J connectivity index is 2.47. The number of nitrogens with two attached hydrogens (primary N) is 1. The molecule has 0 bridgehead atoms. The molecule has 0 aliphatic heterocycles. The van der Waals surface area contributed by atoms with Crippen LogP contribution in [0.1, 0.15) is 25.7 Å². The van der Waals surface area contributed by atoms with Gasteiger partial charge in [-0.15, -0.1) is 0 Å². The van der Waals surface area contributed by atoms with Gasteiger partial charge in [0.05, 0.1) is 11.1 Å². The predicted molar refractivity (Wildman–Crippen MR) is 81.7 cm³/mol. The van der Waals surface area contributed by atoms with E-state index in [9.17, 15) is 12.8 Å². The first-order valence-corrected chi connectivity index (χ1v) is 8.98. The second-order valence-corrected chi connectivity index (χ2v) is 7.81. The molecule has 0 aromatic heterocycles. The minimum absolute atomic E-state index is 0.0106. The Hall–Kier alpha value is -0.700. The van der Waals surface area contributed by atoms with Gasteiger partial charge in [0, 0.05) is 18.3 Å². The van der Waals surface area contributed by atoms with Crippen LogP contribution >= 0.6 is 15.9 Å². The molecule has 0 heterocycles. The standard InChI is InChI=1S/C13H18BrFN2O3S/c14-11-7-9(16)8-12(13(11)15)21(19,20)17(5-6-18)10-3-1-2-4-10/h7-8,10,18H,1-6,16H2. The lowest BCUT2D eigenvalue weighted by Gasteiger charge is -2.27. The third kappa shape index (κ3) is 3.39. The van der Waals surface area contributed by atoms with Crippen molar-refractivity contribution >= 4 is 31.6 Å². The molecule has 0 unspecified atom stereocenters. The van der Waals surface area contributed by atoms with Crippen LogP contribution < -0.4 is 5.73 Å². The van der Waals surface area contributed by atoms with Crippen molar-refractivity contribution in [3.63, 3.8) is 0 Å². The molecule has 1 fully saturated rings. The van der Waals surface area contributed by atoms with E-state index in [0.29, 0.717) is 0 Å². The highest BCUT2D eigenvalue weighted by Gasteiger charge is 2.35. The van der Waals surface area contributed by atoms with Crippen molar-refractivity contribution in [2.75, 3.05) is 18.9 Å². The number of nitrogen functional groups attached to an aromatic ring is 1. The zero-order chi connectivity index (χ0) is 15.6. The molecule has 0 atom stereocenters. The van der Waals surface area contributed by atoms with Gasteiger partial charge >= 0.3 is 0 Å². The van der Waals surface area contributed by atoms with Crippen LogP contribution in [0.2, 0.25) is 0 Å². The smallest absolute Gasteiger partial charge is 0.246 e. The van der Waals surface area contributed by atoms with Gasteiger partial charge in [-0.2, -0.15) is 4.31 Å². The number of rotatable bonds is 5. The maximum Gasteiger partial charge on any atom is 0.246 e. The van der Waals surface area contributed by atoms with E-state index < -0.39 is 20.7 Å². The first kappa shape index (κ1) is 16.7. The van der Waals surface area contributed by atoms with E-state index in [0.717, 1.165) is 31.7 Å². The molecule has 0 spiro atoms. The van der Waals surface area contributed by atoms with Crippen molar-refractivity contribution in [1.82, 2.24) is 4.31 Å². The lowest BCUT2D eigenvalue weighted by molar-refractivity contribution is 0.226. The summed E-state index contributed by atoms with van der Waals surface area (Å²) in [4.78, 5) is -0.449. The summed E-state index contributed by atoms with van der Waals surface area (Å²) in [6.07, 6.45) is 3.32. The van der Waals surface area contributed by atoms with Crippen LogP contribution in [0, 0.1) is 5.82 Å². The molecule has 21 heavy (non-hydrogen) atoms. The Labute approximate surface area is 132 Å². The lowest BCUT2D eigenvalue weighted by Crippen LogP contribution is -2.41. The largest absolute Gasteiger partial charge is 0.399 e. The molecule has 1 aliphatic rings. The highest BCUT2D eigenvalue weighted by Crippen LogP contribution is 2.32. The molecular formula is C13H18BrFN2O3S. The molecular weight excluding hydrogens is 363 g/mol. The van der Waals surface area contributed by atoms with E-state index >= 15 is 0 Å². The summed E-state index contributed by atoms with van der Waals surface area (Å²) in [5.74, 6) is -0.856. The number of halogens is 2. The first-order valence-electron chi connectivity index (χ1n) is 6.75. The summed E-state index contributed by atoms with van der Waals surface area (Å²) in [6.45, 7) is -0.348. The number of sulfonamides is 1. The van der Waals surface area contributed by atoms with Gasteiger partial charge in [0.15, 0.2) is 5.82 Å². The molecule has 1 saturated carbocycles. The maximum atomic E-state index is 14.2. The maximum absolute atomic E-state index is 14.2. The van der Waals surface area contributed by atoms with Crippen LogP contribution in [0.25, 0.3) is 0 Å². The molecule has 0 amide bonds. The molecule has 0 saturated heterocycles. The molecule has 2 rings (SSSR count). The molecule has 1 aliphatic carbocycles. The number of nitrogens with zero attached hydrogens (tertiary/aromatic N) is 1. The number of aliphatic hydroxyl groups is 1. The molecule has 118 valence electrons. The van der Waals surface area contributed by atoms with E-state index in [1.54, 1.807) is 0 Å². The predicted octanol–water partition coefficient (Wildman–Crippen LogP) is 2.10. The zero-order valence-corrected chi connectivity index (χ0v) is 13.8. The Morgan fingerprint density at radius 3 is 2.57 bits per heavy atom. The van der Waals surface area contributed by atoms with Gasteiger partial charge in [0.2, 0.25) is 10.0 Å². The molecule has 5 nitrogen and oxygen atoms in total. The minimum atomic E-state index is -4.03. The van der Waals surface area contributed by atoms with Gasteiger partial charge in [0.25, 0.3) is 0 Å². The van der Waals surface area contributed by atoms with Crippen molar-refractivity contribution in [3.05, 3.63) is 22.4 Å². The Morgan fingerprint density at radius 2 is 2.00 bits per heavy atom. The average Bonchev–Trinajstić information content (AvgIpc) is 2.93. The third-order valence-corrected chi connectivity index (χ3v) is 6.18. The number of anilines is 1. The van der Waals surface area contributed by atoms with Crippen molar-refractivity contribution < 1.29 is 17.9 Å². The van der Waals surface area contributed by atoms with E-state index in [2.05, 4.69) is 15.9 Å². The van der Waals surface area contributed by atoms with Crippen LogP contribution in [-0.2, 0) is 10.0 Å². The molecule has 1 aromatic carbocycles. The Morgan fingerprint density at radius 1 is 1.38 bits per heavy atom. The van der Waals surface area contributed by atoms with E-state index in [1.807, 2.05) is 0 Å². The topological polar surface area (TPSA) is 83.6 Å². The van der Waals surface area contributed by atoms with Crippen LogP contribution in [0.15, 0.2) is 21.5 Å². The summed E-state index contributed by atoms with van der Waals surface area (Å²) in [5, 5.41) is 9.15. The lowest BCUT2D eigenvalue weighted by atomic mass is 10.2. The van der Waals surface area contributed by atoms with Crippen LogP contribution in [0.3, 0.4) is 0 Å². The van der Waals surface area contributed by atoms with Gasteiger partial charge < -0.3 is 10.8 Å². The highest BCUT2D eigenvalue weighted by atomic mass is 79.9. The second kappa shape index (κ2) is 6.60. The number of hydrogen-bond acceptors (Lipinski definition) is 4. The quantitative estimate of drug-likeness (QED) is 0.766. The summed E-state index contributed by atoms with van der Waals surface area (Å²) in [7, 11) is -4.03. The Kier molecular flexibility index (Phi) is 5.24. The summed E-state index contributed by atoms with van der Waals surface area (Å²) >= 11 is 2.97. The van der Waals surface area contributed by atoms with Crippen molar-refractivity contribution in [1.29, 1.82) is 0 Å². The fraction of sp³-hybridized carbons (Fsp3) is 0.538. The van der Waals surface area contributed by atoms with Gasteiger partial charge in [-0.05, 0) is 40.9 Å². The zero-order valence-electron chi connectivity index (χ0n) is 11.4. The van der Waals surface area contributed by atoms with E-state index in [1.165, 1.54) is 10.4 Å². The highest BCUT2D eigenvalue weighted by molar-refractivity contribution is 9.10. The normalized spacial score (nSPS) is 16.8. The molecule has 8 heteroatoms. The van der Waals surface area contributed by atoms with Crippen LogP contribution in [0.5, 0.6) is 0 Å². The Bertz CT molecular complexity index is 618. The number of hydrogen-bond donors (Lipinski definition) is 2. The third-order valence-electron chi connectivity index (χ3n) is 3.66. The summed E-state index contributed by atoms with van der Waals surface area (Å²) in [5.41, 5.74) is 5.79. The number of aliphatic hydroxyl groups excluding tert-OH is 1. The second-order valence-electron chi connectivity index (χ2n) is 5.09. The molecule has 3 N–H and O–H groups in total. The fourth-order valence-corrected chi connectivity index (χ4v) is 5.10. The minimum Gasteiger partial charge on any atom is -0.399 e. The van der Waals surface area contributed by atoms with Crippen molar-refractivity contribution in [2.45, 2.75) is 36.6 Å². The van der Waals surface area contributed by atoms with Crippen LogP contribution in [0.4, 0.5) is 10.1 Å². The average molecular weight is 381 g/mol. The van der Waals surface area contributed by atoms with Gasteiger partial charge in [-0.1, -0.05) is 12.8 Å². The van der Waals surface area contributed by atoms with Crippen molar-refractivity contribution in [3.8, 4) is 0 Å². The van der Waals surface area contributed by atoms with Gasteiger partial charge in [0.1, 0.15) is 4.90 Å². The molecule has 1 aromatic rings. The summed E-state index contributed by atoms with van der Waals surface area (Å²) < 4.78 is 40.9. The summed E-state index contributed by atoms with van der Waals surface area (Å²) in [6, 6.07) is 2.25. The SMILES string of the molecule is Nc1cc(Br)c(F)c(S(=O)(=O)N(CCO)C2CCCC2)c1.